The summed E-state index contributed by atoms with van der Waals surface area (Å²) in [7, 11) is 0. The highest BCUT2D eigenvalue weighted by atomic mass is 16.1. The number of anilines is 2. The molecule has 6 nitrogen and oxygen atoms in total. The molecule has 1 aromatic heterocycles. The largest absolute Gasteiger partial charge is 0.302 e. The van der Waals surface area contributed by atoms with E-state index in [1.54, 1.807) is 0 Å². The van der Waals surface area contributed by atoms with Crippen LogP contribution in [0.4, 0.5) is 11.6 Å². The highest BCUT2D eigenvalue weighted by molar-refractivity contribution is 6.10. The molecule has 0 spiro atoms. The lowest BCUT2D eigenvalue weighted by Gasteiger charge is -2.32. The highest BCUT2D eigenvalue weighted by Gasteiger charge is 2.47. The minimum Gasteiger partial charge on any atom is -0.302 e. The first-order valence-electron chi connectivity index (χ1n) is 18.9. The molecule has 6 aromatic carbocycles. The zero-order valence-electron chi connectivity index (χ0n) is 30.9. The molecule has 2 aliphatic carbocycles. The van der Waals surface area contributed by atoms with Gasteiger partial charge in [-0.3, -0.25) is 9.59 Å². The van der Waals surface area contributed by atoms with Gasteiger partial charge < -0.3 is 4.90 Å². The molecular weight excluding hydrogens is 689 g/mol. The van der Waals surface area contributed by atoms with Crippen LogP contribution in [0, 0.1) is 0 Å². The number of carbonyl (C=O) groups is 2. The van der Waals surface area contributed by atoms with Crippen molar-refractivity contribution in [1.82, 2.24) is 15.0 Å². The molecule has 268 valence electrons. The SMILES string of the molecule is CC1(C)C2=CC3C(C=C2c2ccc(C(=O)c4ccccc4)cc21)c1ccc(C(=O)c2ccccc2)cc1N3c1nc(-c2ccccc2)nc(-c2ccccc2)n1. The lowest BCUT2D eigenvalue weighted by Crippen LogP contribution is -2.33. The maximum atomic E-state index is 13.9. The van der Waals surface area contributed by atoms with Gasteiger partial charge in [0, 0.05) is 50.4 Å². The number of aromatic nitrogens is 3. The molecule has 0 radical (unpaired) electrons. The first kappa shape index (κ1) is 33.5. The fourth-order valence-corrected chi connectivity index (χ4v) is 8.60. The molecule has 3 aliphatic rings. The van der Waals surface area contributed by atoms with Crippen molar-refractivity contribution in [2.75, 3.05) is 4.90 Å². The van der Waals surface area contributed by atoms with Gasteiger partial charge in [-0.1, -0.05) is 172 Å². The quantitative estimate of drug-likeness (QED) is 0.152. The molecule has 1 aliphatic heterocycles. The minimum absolute atomic E-state index is 0.0122. The van der Waals surface area contributed by atoms with Gasteiger partial charge in [-0.05, 0) is 40.0 Å². The van der Waals surface area contributed by atoms with Crippen molar-refractivity contribution in [1.29, 1.82) is 0 Å². The van der Waals surface area contributed by atoms with Gasteiger partial charge in [0.05, 0.1) is 6.04 Å². The number of hydrogen-bond acceptors (Lipinski definition) is 6. The molecule has 7 aromatic rings. The van der Waals surface area contributed by atoms with Crippen LogP contribution in [-0.4, -0.2) is 32.6 Å². The molecule has 0 fully saturated rings. The number of rotatable bonds is 7. The molecular formula is C50H36N4O2. The second-order valence-corrected chi connectivity index (χ2v) is 15.1. The Morgan fingerprint density at radius 3 is 1.64 bits per heavy atom. The number of benzene rings is 6. The second-order valence-electron chi connectivity index (χ2n) is 15.1. The lowest BCUT2D eigenvalue weighted by atomic mass is 9.77. The van der Waals surface area contributed by atoms with E-state index in [0.29, 0.717) is 39.9 Å². The van der Waals surface area contributed by atoms with Gasteiger partial charge in [0.25, 0.3) is 0 Å². The van der Waals surface area contributed by atoms with E-state index < -0.39 is 5.41 Å². The Morgan fingerprint density at radius 2 is 1.07 bits per heavy atom. The minimum atomic E-state index is -0.391. The summed E-state index contributed by atoms with van der Waals surface area (Å²) in [6, 6.07) is 50.8. The van der Waals surface area contributed by atoms with Crippen LogP contribution < -0.4 is 4.90 Å². The lowest BCUT2D eigenvalue weighted by molar-refractivity contribution is 0.103. The van der Waals surface area contributed by atoms with Gasteiger partial charge in [0.1, 0.15) is 0 Å². The third-order valence-corrected chi connectivity index (χ3v) is 11.4. The van der Waals surface area contributed by atoms with Crippen molar-refractivity contribution in [3.63, 3.8) is 0 Å². The zero-order valence-corrected chi connectivity index (χ0v) is 30.9. The number of ketones is 2. The third kappa shape index (κ3) is 5.44. The van der Waals surface area contributed by atoms with E-state index in [0.717, 1.165) is 33.5 Å². The van der Waals surface area contributed by atoms with Crippen LogP contribution in [0.2, 0.25) is 0 Å². The molecule has 0 saturated heterocycles. The van der Waals surface area contributed by atoms with Crippen molar-refractivity contribution < 1.29 is 9.59 Å². The van der Waals surface area contributed by atoms with E-state index in [9.17, 15) is 9.59 Å². The van der Waals surface area contributed by atoms with Crippen LogP contribution in [0.15, 0.2) is 175 Å². The number of carbonyl (C=O) groups excluding carboxylic acids is 2. The highest BCUT2D eigenvalue weighted by Crippen LogP contribution is 2.57. The smallest absolute Gasteiger partial charge is 0.234 e. The van der Waals surface area contributed by atoms with Gasteiger partial charge in [-0.15, -0.1) is 0 Å². The first-order valence-corrected chi connectivity index (χ1v) is 18.9. The van der Waals surface area contributed by atoms with Crippen molar-refractivity contribution in [3.05, 3.63) is 214 Å². The van der Waals surface area contributed by atoms with Gasteiger partial charge in [0.2, 0.25) is 5.95 Å². The Kier molecular flexibility index (Phi) is 7.82. The van der Waals surface area contributed by atoms with Crippen LogP contribution in [-0.2, 0) is 5.41 Å². The fraction of sp³-hybridized carbons (Fsp3) is 0.100. The molecule has 0 amide bonds. The van der Waals surface area contributed by atoms with Crippen molar-refractivity contribution in [2.24, 2.45) is 0 Å². The predicted molar refractivity (Wildman–Crippen MR) is 221 cm³/mol. The number of fused-ring (bicyclic) bond motifs is 6. The van der Waals surface area contributed by atoms with Crippen molar-refractivity contribution in [2.45, 2.75) is 31.2 Å². The summed E-state index contributed by atoms with van der Waals surface area (Å²) in [6.07, 6.45) is 4.74. The van der Waals surface area contributed by atoms with Crippen molar-refractivity contribution in [3.8, 4) is 22.8 Å². The summed E-state index contributed by atoms with van der Waals surface area (Å²) in [5.41, 5.74) is 10.6. The topological polar surface area (TPSA) is 76.1 Å². The molecule has 10 rings (SSSR count). The number of nitrogens with zero attached hydrogens (tertiary/aromatic N) is 4. The maximum Gasteiger partial charge on any atom is 0.234 e. The molecule has 0 saturated carbocycles. The standard InChI is InChI=1S/C50H36N4O2/c1-50(2)41-27-35(45(55)31-15-7-3-8-16-31)23-25-37(41)39-29-40-38-26-24-36(46(56)32-17-9-4-10-18-32)28-43(38)54(44(40)30-42(39)50)49-52-47(33-19-11-5-12-20-33)51-48(53-49)34-21-13-6-14-22-34/h3-30,40,44H,1-2H3. The van der Waals surface area contributed by atoms with Crippen molar-refractivity contribution >= 4 is 28.8 Å². The second kappa shape index (κ2) is 13.1. The summed E-state index contributed by atoms with van der Waals surface area (Å²) in [5, 5.41) is 0. The summed E-state index contributed by atoms with van der Waals surface area (Å²) < 4.78 is 0. The normalized spacial score (nSPS) is 17.2. The first-order chi connectivity index (χ1) is 27.3. The van der Waals surface area contributed by atoms with Crippen LogP contribution in [0.5, 0.6) is 0 Å². The van der Waals surface area contributed by atoms with Gasteiger partial charge in [-0.2, -0.15) is 9.97 Å². The molecule has 2 heterocycles. The predicted octanol–water partition coefficient (Wildman–Crippen LogP) is 10.6. The van der Waals surface area contributed by atoms with Crippen LogP contribution >= 0.6 is 0 Å². The van der Waals surface area contributed by atoms with E-state index in [2.05, 4.69) is 49.1 Å². The van der Waals surface area contributed by atoms with Crippen LogP contribution in [0.1, 0.15) is 68.3 Å². The van der Waals surface area contributed by atoms with E-state index in [1.165, 1.54) is 11.1 Å². The summed E-state index contributed by atoms with van der Waals surface area (Å²) in [6.45, 7) is 4.48. The van der Waals surface area contributed by atoms with Gasteiger partial charge >= 0.3 is 0 Å². The Morgan fingerprint density at radius 1 is 0.554 bits per heavy atom. The van der Waals surface area contributed by atoms with E-state index in [-0.39, 0.29) is 23.5 Å². The maximum absolute atomic E-state index is 13.9. The zero-order chi connectivity index (χ0) is 38.0. The Balaban J connectivity index is 1.15. The summed E-state index contributed by atoms with van der Waals surface area (Å²) in [4.78, 5) is 45.1. The van der Waals surface area contributed by atoms with E-state index >= 15 is 0 Å². The molecule has 6 heteroatoms. The summed E-state index contributed by atoms with van der Waals surface area (Å²) in [5.74, 6) is 1.55. The Hall–Kier alpha value is -7.05. The molecule has 0 N–H and O–H groups in total. The van der Waals surface area contributed by atoms with E-state index in [4.69, 9.17) is 15.0 Å². The van der Waals surface area contributed by atoms with Crippen LogP contribution in [0.3, 0.4) is 0 Å². The number of hydrogen-bond donors (Lipinski definition) is 0. The molecule has 56 heavy (non-hydrogen) atoms. The third-order valence-electron chi connectivity index (χ3n) is 11.4. The fourth-order valence-electron chi connectivity index (χ4n) is 8.60. The van der Waals surface area contributed by atoms with E-state index in [1.807, 2.05) is 140 Å². The van der Waals surface area contributed by atoms with Gasteiger partial charge in [-0.25, -0.2) is 4.98 Å². The van der Waals surface area contributed by atoms with Gasteiger partial charge in [0.15, 0.2) is 23.2 Å². The Labute approximate surface area is 325 Å². The molecule has 0 bridgehead atoms. The Bertz CT molecular complexity index is 2700. The molecule has 2 unspecified atom stereocenters. The average Bonchev–Trinajstić information content (AvgIpc) is 3.70. The number of allylic oxidation sites excluding steroid dienone is 2. The van der Waals surface area contributed by atoms with Crippen LogP contribution in [0.25, 0.3) is 28.3 Å². The summed E-state index contributed by atoms with van der Waals surface area (Å²) >= 11 is 0. The monoisotopic (exact) mass is 724 g/mol. The molecule has 2 atom stereocenters. The average molecular weight is 725 g/mol.